The van der Waals surface area contributed by atoms with Crippen LogP contribution in [-0.2, 0) is 0 Å². The molecule has 0 bridgehead atoms. The number of amides is 1. The number of hydrogen-bond donors (Lipinski definition) is 1. The first-order valence-corrected chi connectivity index (χ1v) is 8.12. The van der Waals surface area contributed by atoms with Crippen LogP contribution in [0, 0.1) is 0 Å². The van der Waals surface area contributed by atoms with Gasteiger partial charge in [0.15, 0.2) is 0 Å². The molecule has 6 nitrogen and oxygen atoms in total. The Morgan fingerprint density at radius 3 is 2.96 bits per heavy atom. The Bertz CT molecular complexity index is 766. The molecule has 0 radical (unpaired) electrons. The average Bonchev–Trinajstić information content (AvgIpc) is 3.29. The van der Waals surface area contributed by atoms with Crippen molar-refractivity contribution in [2.45, 2.75) is 6.04 Å². The number of carbonyl (C=O) groups excluding carboxylic acids is 1. The fraction of sp³-hybridized carbons (Fsp3) is 0.176. The molecule has 0 aliphatic carbocycles. The summed E-state index contributed by atoms with van der Waals surface area (Å²) in [4.78, 5) is 12.5. The molecule has 1 amide bonds. The van der Waals surface area contributed by atoms with Gasteiger partial charge in [0.05, 0.1) is 18.9 Å². The molecule has 0 aliphatic heterocycles. The van der Waals surface area contributed by atoms with Gasteiger partial charge in [0.25, 0.3) is 5.91 Å². The first-order valence-electron chi connectivity index (χ1n) is 7.33. The van der Waals surface area contributed by atoms with Crippen LogP contribution in [-0.4, -0.2) is 29.3 Å². The molecule has 0 unspecified atom stereocenters. The SMILES string of the molecule is COc1ccc(Br)c(C(=O)NC[C@H](c2ccco2)n2cccn2)c1. The smallest absolute Gasteiger partial charge is 0.252 e. The quantitative estimate of drug-likeness (QED) is 0.702. The Morgan fingerprint density at radius 2 is 2.29 bits per heavy atom. The second-order valence-electron chi connectivity index (χ2n) is 5.07. The van der Waals surface area contributed by atoms with E-state index in [1.165, 1.54) is 0 Å². The fourth-order valence-corrected chi connectivity index (χ4v) is 2.79. The highest BCUT2D eigenvalue weighted by atomic mass is 79.9. The van der Waals surface area contributed by atoms with Crippen molar-refractivity contribution in [1.82, 2.24) is 15.1 Å². The van der Waals surface area contributed by atoms with Gasteiger partial charge >= 0.3 is 0 Å². The van der Waals surface area contributed by atoms with E-state index in [9.17, 15) is 4.79 Å². The highest BCUT2D eigenvalue weighted by Gasteiger charge is 2.19. The van der Waals surface area contributed by atoms with Gasteiger partial charge in [-0.05, 0) is 52.3 Å². The number of aromatic nitrogens is 2. The molecule has 0 aliphatic rings. The van der Waals surface area contributed by atoms with Crippen LogP contribution in [0.1, 0.15) is 22.2 Å². The van der Waals surface area contributed by atoms with E-state index >= 15 is 0 Å². The molecule has 24 heavy (non-hydrogen) atoms. The van der Waals surface area contributed by atoms with Gasteiger partial charge < -0.3 is 14.5 Å². The normalized spacial score (nSPS) is 11.9. The molecule has 0 saturated heterocycles. The minimum Gasteiger partial charge on any atom is -0.497 e. The molecule has 0 saturated carbocycles. The number of benzene rings is 1. The summed E-state index contributed by atoms with van der Waals surface area (Å²) in [6, 6.07) is 10.5. The molecule has 1 N–H and O–H groups in total. The van der Waals surface area contributed by atoms with E-state index in [-0.39, 0.29) is 11.9 Å². The number of rotatable bonds is 6. The lowest BCUT2D eigenvalue weighted by atomic mass is 10.2. The van der Waals surface area contributed by atoms with Crippen molar-refractivity contribution < 1.29 is 13.9 Å². The van der Waals surface area contributed by atoms with E-state index < -0.39 is 0 Å². The van der Waals surface area contributed by atoms with Crippen LogP contribution in [0.2, 0.25) is 0 Å². The molecule has 7 heteroatoms. The van der Waals surface area contributed by atoms with Crippen molar-refractivity contribution in [3.8, 4) is 5.75 Å². The maximum Gasteiger partial charge on any atom is 0.252 e. The van der Waals surface area contributed by atoms with E-state index in [2.05, 4.69) is 26.3 Å². The first-order chi connectivity index (χ1) is 11.7. The standard InChI is InChI=1S/C17H16BrN3O3/c1-23-12-5-6-14(18)13(10-12)17(22)19-11-15(16-4-2-9-24-16)21-8-3-7-20-21/h2-10,15H,11H2,1H3,(H,19,22)/t15-/m1/s1. The Hall–Kier alpha value is -2.54. The summed E-state index contributed by atoms with van der Waals surface area (Å²) in [5.74, 6) is 1.14. The zero-order valence-corrected chi connectivity index (χ0v) is 14.6. The number of nitrogens with zero attached hydrogens (tertiary/aromatic N) is 2. The molecule has 1 aromatic carbocycles. The summed E-state index contributed by atoms with van der Waals surface area (Å²) < 4.78 is 13.1. The number of methoxy groups -OCH3 is 1. The molecular formula is C17H16BrN3O3. The van der Waals surface area contributed by atoms with Gasteiger partial charge in [-0.1, -0.05) is 0 Å². The van der Waals surface area contributed by atoms with Gasteiger partial charge in [0, 0.05) is 23.4 Å². The van der Waals surface area contributed by atoms with Crippen LogP contribution in [0.3, 0.4) is 0 Å². The minimum atomic E-state index is -0.219. The molecule has 0 spiro atoms. The summed E-state index contributed by atoms with van der Waals surface area (Å²) in [5.41, 5.74) is 0.507. The molecule has 124 valence electrons. The van der Waals surface area contributed by atoms with Crippen LogP contribution in [0.5, 0.6) is 5.75 Å². The van der Waals surface area contributed by atoms with Crippen LogP contribution in [0.4, 0.5) is 0 Å². The van der Waals surface area contributed by atoms with Gasteiger partial charge in [-0.25, -0.2) is 0 Å². The van der Waals surface area contributed by atoms with Crippen molar-refractivity contribution in [3.05, 3.63) is 70.9 Å². The Labute approximate surface area is 147 Å². The van der Waals surface area contributed by atoms with E-state index in [0.717, 1.165) is 5.76 Å². The fourth-order valence-electron chi connectivity index (χ4n) is 2.36. The number of nitrogens with one attached hydrogen (secondary N) is 1. The Balaban J connectivity index is 1.77. The third kappa shape index (κ3) is 3.51. The first kappa shape index (κ1) is 16.3. The largest absolute Gasteiger partial charge is 0.497 e. The summed E-state index contributed by atoms with van der Waals surface area (Å²) in [6.45, 7) is 0.345. The van der Waals surface area contributed by atoms with E-state index in [4.69, 9.17) is 9.15 Å². The van der Waals surface area contributed by atoms with E-state index in [1.54, 1.807) is 42.5 Å². The number of halogens is 1. The zero-order chi connectivity index (χ0) is 16.9. The molecule has 3 aromatic rings. The Morgan fingerprint density at radius 1 is 1.42 bits per heavy atom. The van der Waals surface area contributed by atoms with Crippen molar-refractivity contribution in [1.29, 1.82) is 0 Å². The van der Waals surface area contributed by atoms with Crippen molar-refractivity contribution in [2.75, 3.05) is 13.7 Å². The van der Waals surface area contributed by atoms with Gasteiger partial charge in [0.1, 0.15) is 17.6 Å². The molecule has 0 fully saturated rings. The van der Waals surface area contributed by atoms with E-state index in [0.29, 0.717) is 22.3 Å². The second kappa shape index (κ2) is 7.35. The maximum absolute atomic E-state index is 12.5. The van der Waals surface area contributed by atoms with Crippen molar-refractivity contribution in [2.24, 2.45) is 0 Å². The lowest BCUT2D eigenvalue weighted by Crippen LogP contribution is -2.31. The number of carbonyl (C=O) groups is 1. The van der Waals surface area contributed by atoms with Crippen LogP contribution in [0.15, 0.2) is 63.9 Å². The monoisotopic (exact) mass is 389 g/mol. The highest BCUT2D eigenvalue weighted by Crippen LogP contribution is 2.23. The zero-order valence-electron chi connectivity index (χ0n) is 13.0. The molecule has 3 rings (SSSR count). The topological polar surface area (TPSA) is 69.3 Å². The number of furan rings is 1. The van der Waals surface area contributed by atoms with Gasteiger partial charge in [0.2, 0.25) is 0 Å². The van der Waals surface area contributed by atoms with E-state index in [1.807, 2.05) is 24.4 Å². The maximum atomic E-state index is 12.5. The van der Waals surface area contributed by atoms with Crippen LogP contribution in [0.25, 0.3) is 0 Å². The number of ether oxygens (including phenoxy) is 1. The lowest BCUT2D eigenvalue weighted by Gasteiger charge is -2.16. The predicted octanol–water partition coefficient (Wildman–Crippen LogP) is 3.27. The third-order valence-electron chi connectivity index (χ3n) is 3.59. The highest BCUT2D eigenvalue weighted by molar-refractivity contribution is 9.10. The van der Waals surface area contributed by atoms with Gasteiger partial charge in [-0.15, -0.1) is 0 Å². The molecular weight excluding hydrogens is 374 g/mol. The van der Waals surface area contributed by atoms with Crippen LogP contribution >= 0.6 is 15.9 Å². The minimum absolute atomic E-state index is 0.204. The summed E-state index contributed by atoms with van der Waals surface area (Å²) in [7, 11) is 1.57. The van der Waals surface area contributed by atoms with Crippen molar-refractivity contribution >= 4 is 21.8 Å². The molecule has 1 atom stereocenters. The van der Waals surface area contributed by atoms with Gasteiger partial charge in [-0.3, -0.25) is 9.48 Å². The van der Waals surface area contributed by atoms with Crippen LogP contribution < -0.4 is 10.1 Å². The molecule has 2 aromatic heterocycles. The summed E-state index contributed by atoms with van der Waals surface area (Å²) in [6.07, 6.45) is 5.13. The predicted molar refractivity (Wildman–Crippen MR) is 92.1 cm³/mol. The summed E-state index contributed by atoms with van der Waals surface area (Å²) >= 11 is 3.39. The van der Waals surface area contributed by atoms with Gasteiger partial charge in [-0.2, -0.15) is 5.10 Å². The average molecular weight is 390 g/mol. The molecule has 2 heterocycles. The summed E-state index contributed by atoms with van der Waals surface area (Å²) in [5, 5.41) is 7.17. The van der Waals surface area contributed by atoms with Crippen molar-refractivity contribution in [3.63, 3.8) is 0 Å². The number of hydrogen-bond acceptors (Lipinski definition) is 4. The lowest BCUT2D eigenvalue weighted by molar-refractivity contribution is 0.0947. The second-order valence-corrected chi connectivity index (χ2v) is 5.93. The third-order valence-corrected chi connectivity index (χ3v) is 4.28. The Kier molecular flexibility index (Phi) is 5.00.